The molecule has 0 unspecified atom stereocenters. The van der Waals surface area contributed by atoms with Gasteiger partial charge in [0.05, 0.1) is 0 Å². The van der Waals surface area contributed by atoms with E-state index in [9.17, 15) is 8.78 Å². The van der Waals surface area contributed by atoms with Crippen LogP contribution in [-0.4, -0.2) is 19.0 Å². The predicted octanol–water partition coefficient (Wildman–Crippen LogP) is 2.99. The first-order chi connectivity index (χ1) is 6.16. The van der Waals surface area contributed by atoms with Crippen molar-refractivity contribution in [2.45, 2.75) is 44.4 Å². The van der Waals surface area contributed by atoms with E-state index >= 15 is 0 Å². The van der Waals surface area contributed by atoms with Gasteiger partial charge in [0.1, 0.15) is 0 Å². The molecule has 0 aromatic rings. The van der Waals surface area contributed by atoms with E-state index in [2.05, 4.69) is 5.32 Å². The number of rotatable bonds is 0. The molecular weight excluding hydrogens is 208 g/mol. The summed E-state index contributed by atoms with van der Waals surface area (Å²) in [5.74, 6) is -2.42. The SMILES string of the molecule is Cl.FC1(F)CCNCC12CCCCC2. The third kappa shape index (κ3) is 1.89. The lowest BCUT2D eigenvalue weighted by Gasteiger charge is -2.46. The first-order valence-corrected chi connectivity index (χ1v) is 5.25. The fraction of sp³-hybridized carbons (Fsp3) is 1.00. The van der Waals surface area contributed by atoms with Crippen molar-refractivity contribution in [3.8, 4) is 0 Å². The van der Waals surface area contributed by atoms with Crippen LogP contribution in [0.1, 0.15) is 38.5 Å². The van der Waals surface area contributed by atoms with Crippen LogP contribution in [0.5, 0.6) is 0 Å². The van der Waals surface area contributed by atoms with Crippen molar-refractivity contribution in [1.29, 1.82) is 0 Å². The van der Waals surface area contributed by atoms with Gasteiger partial charge >= 0.3 is 0 Å². The predicted molar refractivity (Wildman–Crippen MR) is 55.2 cm³/mol. The topological polar surface area (TPSA) is 12.0 Å². The van der Waals surface area contributed by atoms with Crippen LogP contribution >= 0.6 is 12.4 Å². The van der Waals surface area contributed by atoms with Crippen molar-refractivity contribution in [2.24, 2.45) is 5.41 Å². The molecule has 4 heteroatoms. The summed E-state index contributed by atoms with van der Waals surface area (Å²) < 4.78 is 27.4. The van der Waals surface area contributed by atoms with Crippen molar-refractivity contribution in [3.63, 3.8) is 0 Å². The lowest BCUT2D eigenvalue weighted by molar-refractivity contribution is -0.156. The summed E-state index contributed by atoms with van der Waals surface area (Å²) >= 11 is 0. The Bertz CT molecular complexity index is 182. The van der Waals surface area contributed by atoms with Gasteiger partial charge in [-0.25, -0.2) is 8.78 Å². The summed E-state index contributed by atoms with van der Waals surface area (Å²) in [5.41, 5.74) is -0.691. The molecule has 0 radical (unpaired) electrons. The van der Waals surface area contributed by atoms with Gasteiger partial charge in [0, 0.05) is 24.9 Å². The Morgan fingerprint density at radius 1 is 0.929 bits per heavy atom. The molecule has 84 valence electrons. The van der Waals surface area contributed by atoms with Gasteiger partial charge in [-0.15, -0.1) is 12.4 Å². The van der Waals surface area contributed by atoms with Crippen molar-refractivity contribution in [1.82, 2.24) is 5.32 Å². The standard InChI is InChI=1S/C10H17F2N.ClH/c11-10(12)6-7-13-8-9(10)4-2-1-3-5-9;/h13H,1-8H2;1H. The Balaban J connectivity index is 0.000000980. The molecule has 2 rings (SSSR count). The van der Waals surface area contributed by atoms with E-state index in [1.54, 1.807) is 0 Å². The summed E-state index contributed by atoms with van der Waals surface area (Å²) in [6.07, 6.45) is 4.57. The van der Waals surface area contributed by atoms with Gasteiger partial charge in [-0.1, -0.05) is 19.3 Å². The van der Waals surface area contributed by atoms with E-state index in [4.69, 9.17) is 0 Å². The molecule has 1 nitrogen and oxygen atoms in total. The van der Waals surface area contributed by atoms with Crippen LogP contribution in [0.4, 0.5) is 8.78 Å². The van der Waals surface area contributed by atoms with Crippen LogP contribution < -0.4 is 5.32 Å². The summed E-state index contributed by atoms with van der Waals surface area (Å²) in [4.78, 5) is 0. The first-order valence-electron chi connectivity index (χ1n) is 5.25. The van der Waals surface area contributed by atoms with E-state index in [1.165, 1.54) is 0 Å². The Kier molecular flexibility index (Phi) is 3.75. The molecule has 0 amide bonds. The van der Waals surface area contributed by atoms with Gasteiger partial charge in [0.15, 0.2) is 0 Å². The van der Waals surface area contributed by atoms with Gasteiger partial charge < -0.3 is 5.32 Å². The minimum atomic E-state index is -2.42. The Hall–Kier alpha value is 0.110. The lowest BCUT2D eigenvalue weighted by Crippen LogP contribution is -2.55. The summed E-state index contributed by atoms with van der Waals surface area (Å²) in [5, 5.41) is 3.12. The summed E-state index contributed by atoms with van der Waals surface area (Å²) in [6.45, 7) is 1.01. The van der Waals surface area contributed by atoms with E-state index in [-0.39, 0.29) is 18.8 Å². The van der Waals surface area contributed by atoms with Gasteiger partial charge in [-0.05, 0) is 12.8 Å². The largest absolute Gasteiger partial charge is 0.316 e. The van der Waals surface area contributed by atoms with Gasteiger partial charge in [0.2, 0.25) is 0 Å². The molecule has 0 bridgehead atoms. The number of halogens is 3. The quantitative estimate of drug-likeness (QED) is 0.669. The smallest absolute Gasteiger partial charge is 0.256 e. The van der Waals surface area contributed by atoms with E-state index < -0.39 is 11.3 Å². The van der Waals surface area contributed by atoms with E-state index in [1.807, 2.05) is 0 Å². The zero-order valence-electron chi connectivity index (χ0n) is 8.32. The molecular formula is C10H18ClF2N. The maximum Gasteiger partial charge on any atom is 0.256 e. The highest BCUT2D eigenvalue weighted by Crippen LogP contribution is 2.50. The molecule has 2 aliphatic rings. The number of hydrogen-bond donors (Lipinski definition) is 1. The second-order valence-electron chi connectivity index (χ2n) is 4.47. The van der Waals surface area contributed by atoms with Crippen LogP contribution in [0.3, 0.4) is 0 Å². The highest BCUT2D eigenvalue weighted by Gasteiger charge is 2.54. The molecule has 1 saturated heterocycles. The molecule has 1 aliphatic carbocycles. The first kappa shape index (κ1) is 12.2. The normalized spacial score (nSPS) is 29.6. The number of piperidine rings is 1. The highest BCUT2D eigenvalue weighted by atomic mass is 35.5. The van der Waals surface area contributed by atoms with Gasteiger partial charge in [-0.2, -0.15) is 0 Å². The van der Waals surface area contributed by atoms with Crippen LogP contribution in [-0.2, 0) is 0 Å². The third-order valence-corrected chi connectivity index (χ3v) is 3.67. The zero-order chi connectivity index (χ0) is 9.36. The average Bonchev–Trinajstić information content (AvgIpc) is 2.12. The Morgan fingerprint density at radius 3 is 2.14 bits per heavy atom. The average molecular weight is 226 g/mol. The monoisotopic (exact) mass is 225 g/mol. The fourth-order valence-corrected chi connectivity index (χ4v) is 2.74. The molecule has 1 saturated carbocycles. The summed E-state index contributed by atoms with van der Waals surface area (Å²) in [6, 6.07) is 0. The number of hydrogen-bond acceptors (Lipinski definition) is 1. The molecule has 0 aromatic carbocycles. The Labute approximate surface area is 90.0 Å². The Morgan fingerprint density at radius 2 is 1.57 bits per heavy atom. The van der Waals surface area contributed by atoms with Crippen LogP contribution in [0, 0.1) is 5.41 Å². The molecule has 1 spiro atoms. The molecule has 2 fully saturated rings. The van der Waals surface area contributed by atoms with Crippen molar-refractivity contribution in [3.05, 3.63) is 0 Å². The van der Waals surface area contributed by atoms with Crippen LogP contribution in [0.2, 0.25) is 0 Å². The van der Waals surface area contributed by atoms with Gasteiger partial charge in [-0.3, -0.25) is 0 Å². The minimum Gasteiger partial charge on any atom is -0.316 e. The van der Waals surface area contributed by atoms with Crippen molar-refractivity contribution in [2.75, 3.05) is 13.1 Å². The third-order valence-electron chi connectivity index (χ3n) is 3.67. The second-order valence-corrected chi connectivity index (χ2v) is 4.47. The van der Waals surface area contributed by atoms with E-state index in [0.717, 1.165) is 19.3 Å². The van der Waals surface area contributed by atoms with E-state index in [0.29, 0.717) is 25.9 Å². The minimum absolute atomic E-state index is 0. The maximum absolute atomic E-state index is 13.7. The fourth-order valence-electron chi connectivity index (χ4n) is 2.74. The lowest BCUT2D eigenvalue weighted by atomic mass is 9.67. The molecule has 0 atom stereocenters. The molecule has 0 aromatic heterocycles. The molecule has 1 heterocycles. The second kappa shape index (κ2) is 4.31. The summed E-state index contributed by atoms with van der Waals surface area (Å²) in [7, 11) is 0. The zero-order valence-corrected chi connectivity index (χ0v) is 9.14. The maximum atomic E-state index is 13.7. The van der Waals surface area contributed by atoms with Crippen molar-refractivity contribution < 1.29 is 8.78 Å². The van der Waals surface area contributed by atoms with Crippen molar-refractivity contribution >= 4 is 12.4 Å². The number of alkyl halides is 2. The molecule has 14 heavy (non-hydrogen) atoms. The number of nitrogens with one attached hydrogen (secondary N) is 1. The highest BCUT2D eigenvalue weighted by molar-refractivity contribution is 5.85. The molecule has 1 N–H and O–H groups in total. The molecule has 1 aliphatic heterocycles. The van der Waals surface area contributed by atoms with Crippen LogP contribution in [0.15, 0.2) is 0 Å². The van der Waals surface area contributed by atoms with Crippen LogP contribution in [0.25, 0.3) is 0 Å². The van der Waals surface area contributed by atoms with Gasteiger partial charge in [0.25, 0.3) is 5.92 Å².